The van der Waals surface area contributed by atoms with Crippen molar-refractivity contribution >= 4 is 36.7 Å². The van der Waals surface area contributed by atoms with E-state index < -0.39 is 0 Å². The van der Waals surface area contributed by atoms with Crippen molar-refractivity contribution in [1.82, 2.24) is 9.97 Å². The van der Waals surface area contributed by atoms with E-state index in [-0.39, 0.29) is 47.6 Å². The number of piperidine rings is 1. The third-order valence-electron chi connectivity index (χ3n) is 6.87. The van der Waals surface area contributed by atoms with Crippen molar-refractivity contribution in [1.29, 1.82) is 0 Å². The summed E-state index contributed by atoms with van der Waals surface area (Å²) in [4.78, 5) is 16.0. The van der Waals surface area contributed by atoms with Gasteiger partial charge in [-0.3, -0.25) is 4.99 Å². The zero-order valence-electron chi connectivity index (χ0n) is 19.5. The van der Waals surface area contributed by atoms with Gasteiger partial charge < -0.3 is 16.4 Å². The number of hydrogen-bond acceptors (Lipinski definition) is 4. The van der Waals surface area contributed by atoms with Crippen molar-refractivity contribution in [2.75, 3.05) is 18.0 Å². The van der Waals surface area contributed by atoms with Crippen LogP contribution in [-0.4, -0.2) is 35.1 Å². The van der Waals surface area contributed by atoms with Crippen LogP contribution in [0.5, 0.6) is 0 Å². The summed E-state index contributed by atoms with van der Waals surface area (Å²) in [6.07, 6.45) is 6.12. The molecule has 4 rings (SSSR count). The fraction of sp³-hybridized carbons (Fsp3) is 0.542. The molecule has 8 heteroatoms. The largest absolute Gasteiger partial charge is 0.370 e. The van der Waals surface area contributed by atoms with Gasteiger partial charge in [-0.15, -0.1) is 24.8 Å². The lowest BCUT2D eigenvalue weighted by molar-refractivity contribution is 0.332. The fourth-order valence-corrected chi connectivity index (χ4v) is 4.82. The van der Waals surface area contributed by atoms with Gasteiger partial charge in [0.25, 0.3) is 0 Å². The Morgan fingerprint density at radius 2 is 1.59 bits per heavy atom. The highest BCUT2D eigenvalue weighted by molar-refractivity contribution is 5.85. The third kappa shape index (κ3) is 5.29. The van der Waals surface area contributed by atoms with Crippen LogP contribution in [0, 0.1) is 0 Å². The highest BCUT2D eigenvalue weighted by atomic mass is 35.5. The van der Waals surface area contributed by atoms with Crippen LogP contribution in [-0.2, 0) is 10.8 Å². The van der Waals surface area contributed by atoms with Crippen LogP contribution in [0.2, 0.25) is 0 Å². The predicted octanol–water partition coefficient (Wildman–Crippen LogP) is 4.58. The lowest BCUT2D eigenvalue weighted by Gasteiger charge is -2.42. The number of nitrogens with zero attached hydrogens (tertiary/aromatic N) is 4. The topological polar surface area (TPSA) is 93.4 Å². The first kappa shape index (κ1) is 26.2. The molecule has 1 fully saturated rings. The summed E-state index contributed by atoms with van der Waals surface area (Å²) >= 11 is 0. The SMILES string of the molecule is CC1(C)CCC(C)(C)c2cc(-c3ccnc(N4CCC(N=C(N)N)CC4)n3)ccc21.Cl.Cl. The highest BCUT2D eigenvalue weighted by Crippen LogP contribution is 2.46. The molecule has 4 N–H and O–H groups in total. The van der Waals surface area contributed by atoms with E-state index in [0.29, 0.717) is 0 Å². The average Bonchev–Trinajstić information content (AvgIpc) is 2.71. The maximum atomic E-state index is 5.53. The van der Waals surface area contributed by atoms with Gasteiger partial charge in [-0.2, -0.15) is 0 Å². The minimum Gasteiger partial charge on any atom is -0.370 e. The fourth-order valence-electron chi connectivity index (χ4n) is 4.82. The van der Waals surface area contributed by atoms with Crippen LogP contribution in [0.4, 0.5) is 5.95 Å². The number of aliphatic imine (C=N–C) groups is 1. The van der Waals surface area contributed by atoms with Gasteiger partial charge >= 0.3 is 0 Å². The molecule has 2 aromatic rings. The molecule has 1 aromatic heterocycles. The zero-order chi connectivity index (χ0) is 21.5. The van der Waals surface area contributed by atoms with E-state index in [1.807, 2.05) is 12.3 Å². The van der Waals surface area contributed by atoms with E-state index in [0.717, 1.165) is 37.6 Å². The number of fused-ring (bicyclic) bond motifs is 1. The second kappa shape index (κ2) is 9.84. The summed E-state index contributed by atoms with van der Waals surface area (Å²) in [5.74, 6) is 0.957. The number of nitrogens with two attached hydrogens (primary N) is 2. The first-order valence-electron chi connectivity index (χ1n) is 11.0. The van der Waals surface area contributed by atoms with Gasteiger partial charge in [0.15, 0.2) is 5.96 Å². The van der Waals surface area contributed by atoms with E-state index >= 15 is 0 Å². The minimum absolute atomic E-state index is 0. The van der Waals surface area contributed by atoms with Crippen molar-refractivity contribution in [3.05, 3.63) is 41.6 Å². The monoisotopic (exact) mass is 478 g/mol. The minimum atomic E-state index is 0. The summed E-state index contributed by atoms with van der Waals surface area (Å²) in [7, 11) is 0. The Hall–Kier alpha value is -2.05. The van der Waals surface area contributed by atoms with Crippen molar-refractivity contribution in [2.45, 2.75) is 70.3 Å². The molecular formula is C24H36Cl2N6. The molecule has 0 spiro atoms. The molecule has 0 unspecified atom stereocenters. The molecule has 2 heterocycles. The first-order chi connectivity index (χ1) is 14.2. The maximum Gasteiger partial charge on any atom is 0.225 e. The molecular weight excluding hydrogens is 443 g/mol. The van der Waals surface area contributed by atoms with E-state index in [4.69, 9.17) is 16.5 Å². The number of halogens is 2. The van der Waals surface area contributed by atoms with E-state index in [2.05, 4.69) is 60.8 Å². The standard InChI is InChI=1S/C24H34N6.2ClH/c1-23(2)10-11-24(3,4)19-15-16(5-6-18(19)23)20-7-12-27-22(29-20)30-13-8-17(9-14-30)28-21(25)26;;/h5-7,12,15,17H,8-11,13-14H2,1-4H3,(H4,25,26,28);2*1H. The Labute approximate surface area is 204 Å². The summed E-state index contributed by atoms with van der Waals surface area (Å²) in [5.41, 5.74) is 16.5. The Morgan fingerprint density at radius 1 is 0.969 bits per heavy atom. The molecule has 1 saturated heterocycles. The highest BCUT2D eigenvalue weighted by Gasteiger charge is 2.37. The zero-order valence-corrected chi connectivity index (χ0v) is 21.1. The quantitative estimate of drug-likeness (QED) is 0.497. The molecule has 176 valence electrons. The third-order valence-corrected chi connectivity index (χ3v) is 6.87. The summed E-state index contributed by atoms with van der Waals surface area (Å²) in [6, 6.07) is 9.10. The smallest absolute Gasteiger partial charge is 0.225 e. The van der Waals surface area contributed by atoms with Crippen LogP contribution in [0.3, 0.4) is 0 Å². The number of benzene rings is 1. The van der Waals surface area contributed by atoms with Crippen LogP contribution >= 0.6 is 24.8 Å². The second-order valence-corrected chi connectivity index (χ2v) is 10.0. The van der Waals surface area contributed by atoms with Gasteiger partial charge in [0.05, 0.1) is 11.7 Å². The van der Waals surface area contributed by atoms with Crippen molar-refractivity contribution in [3.8, 4) is 11.3 Å². The van der Waals surface area contributed by atoms with Gasteiger partial charge in [-0.1, -0.05) is 39.8 Å². The molecule has 6 nitrogen and oxygen atoms in total. The van der Waals surface area contributed by atoms with E-state index in [1.165, 1.54) is 29.5 Å². The lowest BCUT2D eigenvalue weighted by Crippen LogP contribution is -2.38. The molecule has 1 aliphatic heterocycles. The molecule has 1 aromatic carbocycles. The lowest BCUT2D eigenvalue weighted by atomic mass is 9.63. The van der Waals surface area contributed by atoms with Crippen LogP contribution < -0.4 is 16.4 Å². The summed E-state index contributed by atoms with van der Waals surface area (Å²) in [6.45, 7) is 11.1. The van der Waals surface area contributed by atoms with Gasteiger partial charge in [0, 0.05) is 24.8 Å². The number of aromatic nitrogens is 2. The molecule has 1 aliphatic carbocycles. The first-order valence-corrected chi connectivity index (χ1v) is 11.0. The summed E-state index contributed by atoms with van der Waals surface area (Å²) in [5, 5.41) is 0. The van der Waals surface area contributed by atoms with Crippen LogP contribution in [0.15, 0.2) is 35.5 Å². The maximum absolute atomic E-state index is 5.53. The molecule has 2 aliphatic rings. The number of guanidine groups is 1. The molecule has 0 saturated carbocycles. The Kier molecular flexibility index (Phi) is 8.05. The Morgan fingerprint density at radius 3 is 2.22 bits per heavy atom. The van der Waals surface area contributed by atoms with Crippen LogP contribution in [0.25, 0.3) is 11.3 Å². The Balaban J connectivity index is 0.00000181. The van der Waals surface area contributed by atoms with Crippen LogP contribution in [0.1, 0.15) is 64.5 Å². The average molecular weight is 480 g/mol. The molecule has 0 amide bonds. The number of hydrogen-bond donors (Lipinski definition) is 2. The van der Waals surface area contributed by atoms with Crippen molar-refractivity contribution in [3.63, 3.8) is 0 Å². The normalized spacial score (nSPS) is 19.2. The van der Waals surface area contributed by atoms with Crippen molar-refractivity contribution < 1.29 is 0 Å². The number of rotatable bonds is 3. The Bertz CT molecular complexity index is 961. The van der Waals surface area contributed by atoms with E-state index in [9.17, 15) is 0 Å². The van der Waals surface area contributed by atoms with Crippen molar-refractivity contribution in [2.24, 2.45) is 16.5 Å². The van der Waals surface area contributed by atoms with Gasteiger partial charge in [0.1, 0.15) is 0 Å². The predicted molar refractivity (Wildman–Crippen MR) is 138 cm³/mol. The summed E-state index contributed by atoms with van der Waals surface area (Å²) < 4.78 is 0. The van der Waals surface area contributed by atoms with Gasteiger partial charge in [-0.25, -0.2) is 9.97 Å². The van der Waals surface area contributed by atoms with Gasteiger partial charge in [-0.05, 0) is 59.8 Å². The molecule has 0 bridgehead atoms. The number of anilines is 1. The molecule has 0 atom stereocenters. The molecule has 32 heavy (non-hydrogen) atoms. The molecule has 0 radical (unpaired) electrons. The van der Waals surface area contributed by atoms with Gasteiger partial charge in [0.2, 0.25) is 5.95 Å². The second-order valence-electron chi connectivity index (χ2n) is 10.0. The van der Waals surface area contributed by atoms with E-state index in [1.54, 1.807) is 0 Å².